The van der Waals surface area contributed by atoms with Crippen molar-refractivity contribution in [1.29, 1.82) is 0 Å². The average Bonchev–Trinajstić information content (AvgIpc) is 3.16. The minimum Gasteiger partial charge on any atom is -0.310 e. The van der Waals surface area contributed by atoms with Gasteiger partial charge in [-0.1, -0.05) is 0 Å². The molecule has 2 rings (SSSR count). The molecule has 132 valence electrons. The first-order chi connectivity index (χ1) is 11.8. The molecular weight excluding hydrogens is 376 g/mol. The topological polar surface area (TPSA) is 170 Å². The number of nitrogens with zero attached hydrogens (tertiary/aromatic N) is 4. The van der Waals surface area contributed by atoms with E-state index in [-0.39, 0.29) is 40.2 Å². The highest BCUT2D eigenvalue weighted by Crippen LogP contribution is 2.25. The number of aromatic nitrogens is 2. The molecule has 14 heteroatoms. The summed E-state index contributed by atoms with van der Waals surface area (Å²) in [6.45, 7) is 0. The molecule has 0 aliphatic carbocycles. The van der Waals surface area contributed by atoms with Crippen molar-refractivity contribution in [3.8, 4) is 0 Å². The number of rotatable bonds is 8. The zero-order valence-electron chi connectivity index (χ0n) is 12.3. The minimum absolute atomic E-state index is 0.0107. The number of carbonyl (C=O) groups is 2. The Hall–Kier alpha value is -3.00. The van der Waals surface area contributed by atoms with Crippen molar-refractivity contribution in [1.82, 2.24) is 9.36 Å². The third kappa shape index (κ3) is 5.54. The molecule has 25 heavy (non-hydrogen) atoms. The second kappa shape index (κ2) is 8.20. The van der Waals surface area contributed by atoms with Crippen molar-refractivity contribution in [2.24, 2.45) is 0 Å². The van der Waals surface area contributed by atoms with Crippen molar-refractivity contribution in [3.63, 3.8) is 0 Å². The van der Waals surface area contributed by atoms with Crippen molar-refractivity contribution in [3.05, 3.63) is 32.5 Å². The molecule has 0 spiro atoms. The van der Waals surface area contributed by atoms with Crippen LogP contribution in [0, 0.1) is 20.2 Å². The Morgan fingerprint density at radius 2 is 1.72 bits per heavy atom. The van der Waals surface area contributed by atoms with Gasteiger partial charge in [0, 0.05) is 24.4 Å². The highest BCUT2D eigenvalue weighted by Gasteiger charge is 2.15. The van der Waals surface area contributed by atoms with E-state index in [0.29, 0.717) is 11.5 Å². The molecule has 0 saturated carbocycles. The Labute approximate surface area is 147 Å². The van der Waals surface area contributed by atoms with Crippen LogP contribution in [0.2, 0.25) is 0 Å². The molecule has 2 amide bonds. The first-order valence-corrected chi connectivity index (χ1v) is 8.25. The molecule has 2 heterocycles. The third-order valence-electron chi connectivity index (χ3n) is 2.67. The van der Waals surface area contributed by atoms with E-state index in [4.69, 9.17) is 0 Å². The van der Waals surface area contributed by atoms with E-state index in [1.807, 2.05) is 0 Å². The summed E-state index contributed by atoms with van der Waals surface area (Å²) in [6, 6.07) is 1.14. The first kappa shape index (κ1) is 18.3. The van der Waals surface area contributed by atoms with Gasteiger partial charge in [0.1, 0.15) is 6.20 Å². The van der Waals surface area contributed by atoms with Crippen LogP contribution in [0.5, 0.6) is 0 Å². The van der Waals surface area contributed by atoms with Crippen LogP contribution in [-0.4, -0.2) is 31.0 Å². The van der Waals surface area contributed by atoms with Crippen LogP contribution >= 0.6 is 22.9 Å². The van der Waals surface area contributed by atoms with Crippen molar-refractivity contribution in [2.75, 3.05) is 10.6 Å². The molecule has 0 radical (unpaired) electrons. The molecule has 2 aromatic rings. The molecule has 2 N–H and O–H groups in total. The van der Waals surface area contributed by atoms with E-state index in [2.05, 4.69) is 20.0 Å². The molecule has 0 unspecified atom stereocenters. The summed E-state index contributed by atoms with van der Waals surface area (Å²) < 4.78 is 3.72. The third-order valence-corrected chi connectivity index (χ3v) is 4.28. The molecule has 0 saturated heterocycles. The Bertz CT molecular complexity index is 751. The van der Waals surface area contributed by atoms with E-state index < -0.39 is 21.7 Å². The summed E-state index contributed by atoms with van der Waals surface area (Å²) in [5.41, 5.74) is 0. The summed E-state index contributed by atoms with van der Waals surface area (Å²) in [5, 5.41) is 25.6. The van der Waals surface area contributed by atoms with Gasteiger partial charge in [-0.25, -0.2) is 4.98 Å². The molecule has 0 fully saturated rings. The summed E-state index contributed by atoms with van der Waals surface area (Å²) in [5.74, 6) is -0.777. The van der Waals surface area contributed by atoms with Gasteiger partial charge in [-0.3, -0.25) is 29.8 Å². The molecule has 0 aliphatic heterocycles. The van der Waals surface area contributed by atoms with Gasteiger partial charge in [0.15, 0.2) is 10.9 Å². The average molecular weight is 386 g/mol. The molecule has 0 bridgehead atoms. The second-order valence-electron chi connectivity index (χ2n) is 4.52. The number of hydrogen-bond donors (Lipinski definition) is 2. The van der Waals surface area contributed by atoms with Crippen LogP contribution in [0.1, 0.15) is 19.3 Å². The predicted molar refractivity (Wildman–Crippen MR) is 88.6 cm³/mol. The second-order valence-corrected chi connectivity index (χ2v) is 6.31. The fraction of sp³-hybridized carbons (Fsp3) is 0.273. The fourth-order valence-electron chi connectivity index (χ4n) is 1.61. The molecule has 12 nitrogen and oxygen atoms in total. The van der Waals surface area contributed by atoms with Crippen LogP contribution in [0.3, 0.4) is 0 Å². The number of thiazole rings is 1. The maximum Gasteiger partial charge on any atom is 0.345 e. The van der Waals surface area contributed by atoms with Gasteiger partial charge in [0.05, 0.1) is 15.9 Å². The lowest BCUT2D eigenvalue weighted by Crippen LogP contribution is -2.14. The van der Waals surface area contributed by atoms with Gasteiger partial charge < -0.3 is 10.6 Å². The normalized spacial score (nSPS) is 10.2. The van der Waals surface area contributed by atoms with Crippen LogP contribution in [-0.2, 0) is 9.59 Å². The summed E-state index contributed by atoms with van der Waals surface area (Å²) in [4.78, 5) is 46.9. The van der Waals surface area contributed by atoms with E-state index >= 15 is 0 Å². The van der Waals surface area contributed by atoms with Gasteiger partial charge in [0.25, 0.3) is 0 Å². The van der Waals surface area contributed by atoms with Crippen molar-refractivity contribution >= 4 is 55.6 Å². The quantitative estimate of drug-likeness (QED) is 0.513. The number of hydrogen-bond acceptors (Lipinski definition) is 10. The largest absolute Gasteiger partial charge is 0.345 e. The number of anilines is 2. The standard InChI is InChI=1S/C11H10N6O6S2/c18-7(13-6-4-9(16(20)21)25-15-6)2-1-3-8(19)14-11-12-5-10(24-11)17(22)23/h4-5H,1-3H2,(H,12,14,19)(H,13,15,18). The van der Waals surface area contributed by atoms with Crippen LogP contribution in [0.25, 0.3) is 0 Å². The van der Waals surface area contributed by atoms with Crippen LogP contribution < -0.4 is 10.6 Å². The number of carbonyl (C=O) groups excluding carboxylic acids is 2. The van der Waals surface area contributed by atoms with Crippen molar-refractivity contribution < 1.29 is 19.4 Å². The molecule has 0 atom stereocenters. The van der Waals surface area contributed by atoms with Gasteiger partial charge in [0.2, 0.25) is 11.8 Å². The van der Waals surface area contributed by atoms with Gasteiger partial charge in [-0.15, -0.1) is 0 Å². The lowest BCUT2D eigenvalue weighted by Gasteiger charge is -2.02. The molecule has 2 aromatic heterocycles. The van der Waals surface area contributed by atoms with Crippen LogP contribution in [0.4, 0.5) is 21.0 Å². The minimum atomic E-state index is -0.611. The molecule has 0 aromatic carbocycles. The highest BCUT2D eigenvalue weighted by atomic mass is 32.1. The zero-order chi connectivity index (χ0) is 18.4. The van der Waals surface area contributed by atoms with Gasteiger partial charge in [-0.05, 0) is 17.8 Å². The Morgan fingerprint density at radius 1 is 1.08 bits per heavy atom. The van der Waals surface area contributed by atoms with Gasteiger partial charge in [-0.2, -0.15) is 4.37 Å². The monoisotopic (exact) mass is 386 g/mol. The van der Waals surface area contributed by atoms with E-state index in [1.54, 1.807) is 0 Å². The predicted octanol–water partition coefficient (Wildman–Crippen LogP) is 2.16. The van der Waals surface area contributed by atoms with Crippen LogP contribution in [0.15, 0.2) is 12.3 Å². The van der Waals surface area contributed by atoms with E-state index in [1.165, 1.54) is 0 Å². The Morgan fingerprint density at radius 3 is 2.28 bits per heavy atom. The zero-order valence-corrected chi connectivity index (χ0v) is 14.0. The van der Waals surface area contributed by atoms with E-state index in [9.17, 15) is 29.8 Å². The fourth-order valence-corrected chi connectivity index (χ4v) is 2.78. The maximum atomic E-state index is 11.7. The summed E-state index contributed by atoms with van der Waals surface area (Å²) >= 11 is 1.38. The number of nitrogens with one attached hydrogen (secondary N) is 2. The highest BCUT2D eigenvalue weighted by molar-refractivity contribution is 7.18. The Kier molecular flexibility index (Phi) is 6.02. The Balaban J connectivity index is 1.71. The summed E-state index contributed by atoms with van der Waals surface area (Å²) in [6.07, 6.45) is 1.28. The maximum absolute atomic E-state index is 11.7. The SMILES string of the molecule is O=C(CCCC(=O)Nc1ncc([N+](=O)[O-])s1)Nc1cc([N+](=O)[O-])sn1. The number of nitro groups is 2. The molecular formula is C11H10N6O6S2. The number of amides is 2. The summed E-state index contributed by atoms with van der Waals surface area (Å²) in [7, 11) is 0. The van der Waals surface area contributed by atoms with E-state index in [0.717, 1.165) is 23.6 Å². The smallest absolute Gasteiger partial charge is 0.310 e. The lowest BCUT2D eigenvalue weighted by molar-refractivity contribution is -0.380. The first-order valence-electron chi connectivity index (χ1n) is 6.66. The van der Waals surface area contributed by atoms with Crippen molar-refractivity contribution in [2.45, 2.75) is 19.3 Å². The lowest BCUT2D eigenvalue weighted by atomic mass is 10.2. The molecule has 0 aliphatic rings. The van der Waals surface area contributed by atoms with Gasteiger partial charge >= 0.3 is 10.0 Å².